The maximum Gasteiger partial charge on any atom is 0.311 e. The molecule has 8 nitrogen and oxygen atoms in total. The Morgan fingerprint density at radius 3 is 2.58 bits per heavy atom. The number of nitrogens with one attached hydrogen (secondary N) is 2. The molecule has 1 saturated heterocycles. The van der Waals surface area contributed by atoms with Crippen LogP contribution in [0.4, 0.5) is 5.69 Å². The van der Waals surface area contributed by atoms with E-state index < -0.39 is 36.2 Å². The molecule has 2 aromatic carbocycles. The van der Waals surface area contributed by atoms with Gasteiger partial charge in [0.05, 0.1) is 23.0 Å². The molecular weight excluding hydrogens is 445 g/mol. The summed E-state index contributed by atoms with van der Waals surface area (Å²) in [5.74, 6) is -3.06. The number of aryl methyl sites for hydroxylation is 1. The number of ether oxygens (including phenoxy) is 1. The van der Waals surface area contributed by atoms with E-state index in [1.165, 1.54) is 6.07 Å². The number of benzene rings is 2. The maximum atomic E-state index is 12.3. The molecule has 0 radical (unpaired) electrons. The van der Waals surface area contributed by atoms with Gasteiger partial charge in [0, 0.05) is 17.1 Å². The SMILES string of the molecule is Cc1ccc(NC(=O)COC(=O)[C@@H]2CC(=O)N(NC(=O)c3ccccc3Cl)C2)cc1Cl. The number of carbonyl (C=O) groups excluding carboxylic acids is 4. The quantitative estimate of drug-likeness (QED) is 0.640. The van der Waals surface area contributed by atoms with Crippen molar-refractivity contribution in [3.05, 3.63) is 63.6 Å². The molecule has 0 bridgehead atoms. The molecule has 0 spiro atoms. The number of anilines is 1. The summed E-state index contributed by atoms with van der Waals surface area (Å²) in [7, 11) is 0. The molecule has 162 valence electrons. The van der Waals surface area contributed by atoms with Gasteiger partial charge in [-0.05, 0) is 36.8 Å². The molecule has 31 heavy (non-hydrogen) atoms. The Morgan fingerprint density at radius 1 is 1.13 bits per heavy atom. The number of nitrogens with zero attached hydrogens (tertiary/aromatic N) is 1. The van der Waals surface area contributed by atoms with E-state index in [2.05, 4.69) is 10.7 Å². The molecule has 0 saturated carbocycles. The molecule has 1 aliphatic rings. The molecule has 3 amide bonds. The highest BCUT2D eigenvalue weighted by Crippen LogP contribution is 2.21. The molecule has 2 aromatic rings. The van der Waals surface area contributed by atoms with E-state index in [4.69, 9.17) is 27.9 Å². The topological polar surface area (TPSA) is 105 Å². The third-order valence-electron chi connectivity index (χ3n) is 4.61. The first-order valence-corrected chi connectivity index (χ1v) is 10.1. The van der Waals surface area contributed by atoms with Crippen molar-refractivity contribution in [2.75, 3.05) is 18.5 Å². The van der Waals surface area contributed by atoms with E-state index in [0.29, 0.717) is 10.7 Å². The Labute approximate surface area is 188 Å². The van der Waals surface area contributed by atoms with Crippen molar-refractivity contribution in [1.82, 2.24) is 10.4 Å². The lowest BCUT2D eigenvalue weighted by Crippen LogP contribution is -2.43. The minimum atomic E-state index is -0.805. The highest BCUT2D eigenvalue weighted by molar-refractivity contribution is 6.33. The van der Waals surface area contributed by atoms with Crippen molar-refractivity contribution in [1.29, 1.82) is 0 Å². The molecule has 1 atom stereocenters. The van der Waals surface area contributed by atoms with Gasteiger partial charge in [-0.1, -0.05) is 41.4 Å². The molecule has 1 aliphatic heterocycles. The predicted octanol–water partition coefficient (Wildman–Crippen LogP) is 2.98. The number of halogens is 2. The van der Waals surface area contributed by atoms with Crippen LogP contribution in [0.2, 0.25) is 10.0 Å². The lowest BCUT2D eigenvalue weighted by molar-refractivity contribution is -0.151. The highest BCUT2D eigenvalue weighted by Gasteiger charge is 2.37. The van der Waals surface area contributed by atoms with Crippen LogP contribution in [0.25, 0.3) is 0 Å². The van der Waals surface area contributed by atoms with Crippen molar-refractivity contribution in [2.45, 2.75) is 13.3 Å². The van der Waals surface area contributed by atoms with E-state index >= 15 is 0 Å². The molecule has 2 N–H and O–H groups in total. The summed E-state index contributed by atoms with van der Waals surface area (Å²) < 4.78 is 5.02. The first-order valence-electron chi connectivity index (χ1n) is 9.33. The van der Waals surface area contributed by atoms with Crippen LogP contribution in [-0.4, -0.2) is 41.9 Å². The van der Waals surface area contributed by atoms with Gasteiger partial charge in [-0.3, -0.25) is 29.6 Å². The van der Waals surface area contributed by atoms with Gasteiger partial charge in [0.1, 0.15) is 0 Å². The minimum Gasteiger partial charge on any atom is -0.455 e. The summed E-state index contributed by atoms with van der Waals surface area (Å²) in [4.78, 5) is 48.7. The molecule has 0 unspecified atom stereocenters. The van der Waals surface area contributed by atoms with Gasteiger partial charge in [0.15, 0.2) is 6.61 Å². The summed E-state index contributed by atoms with van der Waals surface area (Å²) in [6.07, 6.45) is -0.142. The van der Waals surface area contributed by atoms with Gasteiger partial charge in [-0.15, -0.1) is 0 Å². The normalized spacial score (nSPS) is 15.5. The van der Waals surface area contributed by atoms with Crippen molar-refractivity contribution < 1.29 is 23.9 Å². The number of rotatable bonds is 6. The van der Waals surface area contributed by atoms with Gasteiger partial charge >= 0.3 is 5.97 Å². The maximum absolute atomic E-state index is 12.3. The van der Waals surface area contributed by atoms with E-state index in [1.807, 2.05) is 6.92 Å². The molecule has 1 fully saturated rings. The minimum absolute atomic E-state index is 0.0664. The fourth-order valence-corrected chi connectivity index (χ4v) is 3.33. The zero-order valence-electron chi connectivity index (χ0n) is 16.5. The monoisotopic (exact) mass is 463 g/mol. The molecule has 0 aromatic heterocycles. The first kappa shape index (κ1) is 22.6. The second-order valence-corrected chi connectivity index (χ2v) is 7.76. The van der Waals surface area contributed by atoms with E-state index in [9.17, 15) is 19.2 Å². The van der Waals surface area contributed by atoms with E-state index in [0.717, 1.165) is 10.6 Å². The van der Waals surface area contributed by atoms with Crippen LogP contribution in [0.3, 0.4) is 0 Å². The van der Waals surface area contributed by atoms with Crippen molar-refractivity contribution in [3.8, 4) is 0 Å². The van der Waals surface area contributed by atoms with Crippen LogP contribution in [0, 0.1) is 12.8 Å². The van der Waals surface area contributed by atoms with Crippen LogP contribution in [0.1, 0.15) is 22.3 Å². The molecule has 0 aliphatic carbocycles. The number of amides is 3. The molecule has 1 heterocycles. The Morgan fingerprint density at radius 2 is 1.87 bits per heavy atom. The fourth-order valence-electron chi connectivity index (χ4n) is 2.92. The number of esters is 1. The van der Waals surface area contributed by atoms with Crippen molar-refractivity contribution >= 4 is 52.6 Å². The zero-order chi connectivity index (χ0) is 22.5. The number of hydrazine groups is 1. The fraction of sp³-hybridized carbons (Fsp3) is 0.238. The van der Waals surface area contributed by atoms with E-state index in [-0.39, 0.29) is 23.6 Å². The van der Waals surface area contributed by atoms with Crippen LogP contribution in [0.5, 0.6) is 0 Å². The summed E-state index contributed by atoms with van der Waals surface area (Å²) in [5.41, 5.74) is 3.98. The Kier molecular flexibility index (Phi) is 7.14. The zero-order valence-corrected chi connectivity index (χ0v) is 18.0. The van der Waals surface area contributed by atoms with Crippen LogP contribution in [-0.2, 0) is 19.1 Å². The van der Waals surface area contributed by atoms with Crippen LogP contribution in [0.15, 0.2) is 42.5 Å². The lowest BCUT2D eigenvalue weighted by Gasteiger charge is -2.18. The number of hydrogen-bond donors (Lipinski definition) is 2. The molecule has 10 heteroatoms. The standard InChI is InChI=1S/C21H19Cl2N3O5/c1-12-6-7-14(9-17(12)23)24-18(27)11-31-21(30)13-8-19(28)26(10-13)25-20(29)15-4-2-3-5-16(15)22/h2-7,9,13H,8,10-11H2,1H3,(H,24,27)(H,25,29)/t13-/m1/s1. The second-order valence-electron chi connectivity index (χ2n) is 6.95. The highest BCUT2D eigenvalue weighted by atomic mass is 35.5. The van der Waals surface area contributed by atoms with Gasteiger partial charge in [-0.25, -0.2) is 0 Å². The Hall–Kier alpha value is -3.10. The average Bonchev–Trinajstić information content (AvgIpc) is 3.09. The smallest absolute Gasteiger partial charge is 0.311 e. The first-order chi connectivity index (χ1) is 14.7. The van der Waals surface area contributed by atoms with Crippen molar-refractivity contribution in [2.24, 2.45) is 5.92 Å². The summed E-state index contributed by atoms with van der Waals surface area (Å²) >= 11 is 12.0. The third-order valence-corrected chi connectivity index (χ3v) is 5.35. The summed E-state index contributed by atoms with van der Waals surface area (Å²) in [5, 5.41) is 4.36. The Bertz CT molecular complexity index is 1040. The number of hydrogen-bond acceptors (Lipinski definition) is 5. The van der Waals surface area contributed by atoms with E-state index in [1.54, 1.807) is 36.4 Å². The second kappa shape index (κ2) is 9.80. The van der Waals surface area contributed by atoms with Gasteiger partial charge in [0.25, 0.3) is 11.8 Å². The molecular formula is C21H19Cl2N3O5. The third kappa shape index (κ3) is 5.74. The predicted molar refractivity (Wildman–Crippen MR) is 115 cm³/mol. The van der Waals surface area contributed by atoms with Crippen LogP contribution >= 0.6 is 23.2 Å². The van der Waals surface area contributed by atoms with Gasteiger partial charge < -0.3 is 10.1 Å². The largest absolute Gasteiger partial charge is 0.455 e. The van der Waals surface area contributed by atoms with Crippen LogP contribution < -0.4 is 10.7 Å². The van der Waals surface area contributed by atoms with Gasteiger partial charge in [0.2, 0.25) is 5.91 Å². The number of carbonyl (C=O) groups is 4. The summed E-state index contributed by atoms with van der Waals surface area (Å²) in [6, 6.07) is 11.4. The summed E-state index contributed by atoms with van der Waals surface area (Å²) in [6.45, 7) is 1.25. The average molecular weight is 464 g/mol. The lowest BCUT2D eigenvalue weighted by atomic mass is 10.1. The van der Waals surface area contributed by atoms with Crippen molar-refractivity contribution in [3.63, 3.8) is 0 Å². The van der Waals surface area contributed by atoms with Gasteiger partial charge in [-0.2, -0.15) is 0 Å². The Balaban J connectivity index is 1.49. The molecule has 3 rings (SSSR count).